The summed E-state index contributed by atoms with van der Waals surface area (Å²) in [6.45, 7) is 1.94. The Morgan fingerprint density at radius 2 is 2.08 bits per heavy atom. The van der Waals surface area contributed by atoms with E-state index in [9.17, 15) is 4.79 Å². The molecule has 0 aromatic carbocycles. The van der Waals surface area contributed by atoms with Crippen LogP contribution in [0.4, 0.5) is 10.1 Å². The first kappa shape index (κ1) is 17.0. The van der Waals surface area contributed by atoms with E-state index in [1.807, 2.05) is 41.0 Å². The Bertz CT molecular complexity index is 1110. The maximum Gasteiger partial charge on any atom is 0.261 e. The number of hydrogen-bond acceptors (Lipinski definition) is 6. The van der Waals surface area contributed by atoms with E-state index in [4.69, 9.17) is 11.6 Å². The van der Waals surface area contributed by atoms with Gasteiger partial charge in [0, 0.05) is 12.4 Å². The molecule has 9 heteroatoms. The summed E-state index contributed by atoms with van der Waals surface area (Å²) < 4.78 is 1.89. The summed E-state index contributed by atoms with van der Waals surface area (Å²) in [5.41, 5.74) is 3.35. The molecular formula is C17H14ClN5OS2. The molecule has 0 aliphatic carbocycles. The highest BCUT2D eigenvalue weighted by Crippen LogP contribution is 2.33. The molecule has 0 unspecified atom stereocenters. The minimum Gasteiger partial charge on any atom is -0.354 e. The maximum absolute atomic E-state index is 11.7. The summed E-state index contributed by atoms with van der Waals surface area (Å²) in [6, 6.07) is 9.28. The highest BCUT2D eigenvalue weighted by Gasteiger charge is 2.16. The predicted octanol–water partition coefficient (Wildman–Crippen LogP) is 4.58. The van der Waals surface area contributed by atoms with E-state index in [0.717, 1.165) is 32.9 Å². The number of aromatic nitrogens is 3. The monoisotopic (exact) mass is 403 g/mol. The van der Waals surface area contributed by atoms with Crippen molar-refractivity contribution < 1.29 is 4.79 Å². The lowest BCUT2D eigenvalue weighted by Crippen LogP contribution is -2.15. The van der Waals surface area contributed by atoms with Crippen molar-refractivity contribution in [3.05, 3.63) is 51.4 Å². The van der Waals surface area contributed by atoms with E-state index < -0.39 is 0 Å². The summed E-state index contributed by atoms with van der Waals surface area (Å²) in [5, 5.41) is 10.0. The van der Waals surface area contributed by atoms with Gasteiger partial charge in [0.05, 0.1) is 21.3 Å². The third-order valence-corrected chi connectivity index (χ3v) is 5.86. The molecule has 132 valence electrons. The van der Waals surface area contributed by atoms with Gasteiger partial charge < -0.3 is 10.6 Å². The van der Waals surface area contributed by atoms with Crippen molar-refractivity contribution >= 4 is 56.0 Å². The van der Waals surface area contributed by atoms with Crippen molar-refractivity contribution in [1.29, 1.82) is 0 Å². The number of nitrogens with zero attached hydrogens (tertiary/aromatic N) is 3. The van der Waals surface area contributed by atoms with Gasteiger partial charge in [-0.2, -0.15) is 0 Å². The van der Waals surface area contributed by atoms with Crippen LogP contribution in [0.1, 0.15) is 15.4 Å². The molecule has 0 spiro atoms. The molecule has 0 fully saturated rings. The molecule has 0 saturated heterocycles. The first-order chi connectivity index (χ1) is 12.6. The van der Waals surface area contributed by atoms with Crippen LogP contribution in [0.25, 0.3) is 17.0 Å². The minimum absolute atomic E-state index is 0.0983. The lowest BCUT2D eigenvalue weighted by Gasteiger charge is -2.02. The van der Waals surface area contributed by atoms with Crippen molar-refractivity contribution in [2.75, 3.05) is 12.4 Å². The van der Waals surface area contributed by atoms with Crippen molar-refractivity contribution in [2.45, 2.75) is 6.92 Å². The Morgan fingerprint density at radius 1 is 1.23 bits per heavy atom. The van der Waals surface area contributed by atoms with E-state index >= 15 is 0 Å². The van der Waals surface area contributed by atoms with Gasteiger partial charge in [0.1, 0.15) is 16.5 Å². The molecule has 2 N–H and O–H groups in total. The largest absolute Gasteiger partial charge is 0.354 e. The van der Waals surface area contributed by atoms with Crippen LogP contribution in [0.15, 0.2) is 35.7 Å². The fourth-order valence-electron chi connectivity index (χ4n) is 2.66. The van der Waals surface area contributed by atoms with Crippen molar-refractivity contribution in [1.82, 2.24) is 19.7 Å². The van der Waals surface area contributed by atoms with E-state index in [-0.39, 0.29) is 5.91 Å². The lowest BCUT2D eigenvalue weighted by molar-refractivity contribution is 0.0967. The molecule has 26 heavy (non-hydrogen) atoms. The van der Waals surface area contributed by atoms with Crippen molar-refractivity contribution in [3.63, 3.8) is 0 Å². The van der Waals surface area contributed by atoms with Crippen LogP contribution in [-0.2, 0) is 0 Å². The number of nitrogens with one attached hydrogen (secondary N) is 2. The van der Waals surface area contributed by atoms with Crippen molar-refractivity contribution in [2.24, 2.45) is 0 Å². The lowest BCUT2D eigenvalue weighted by atomic mass is 10.3. The predicted molar refractivity (Wildman–Crippen MR) is 107 cm³/mol. The molecule has 0 saturated carbocycles. The molecular weight excluding hydrogens is 390 g/mol. The van der Waals surface area contributed by atoms with Crippen LogP contribution >= 0.6 is 34.3 Å². The number of halogens is 1. The number of rotatable bonds is 4. The minimum atomic E-state index is -0.0983. The summed E-state index contributed by atoms with van der Waals surface area (Å²) in [7, 11) is 1.62. The van der Waals surface area contributed by atoms with Gasteiger partial charge in [-0.1, -0.05) is 17.7 Å². The number of thiophene rings is 1. The number of carbonyl (C=O) groups is 1. The van der Waals surface area contributed by atoms with E-state index in [1.165, 1.54) is 22.7 Å². The SMILES string of the molecule is CNC(=O)c1ccc(Nc2nc(-c3c(C)nc4cccc(Cl)n34)cs2)s1. The second-order valence-corrected chi connectivity index (χ2v) is 7.82. The Balaban J connectivity index is 1.66. The third-order valence-electron chi connectivity index (χ3n) is 3.80. The first-order valence-corrected chi connectivity index (χ1v) is 9.82. The summed E-state index contributed by atoms with van der Waals surface area (Å²) in [4.78, 5) is 21.5. The number of amides is 1. The number of anilines is 2. The number of hydrogen-bond donors (Lipinski definition) is 2. The Labute approximate surface area is 162 Å². The average Bonchev–Trinajstić information content (AvgIpc) is 3.33. The molecule has 4 heterocycles. The van der Waals surface area contributed by atoms with Gasteiger partial charge in [-0.25, -0.2) is 9.97 Å². The number of pyridine rings is 1. The van der Waals surface area contributed by atoms with Gasteiger partial charge in [0.2, 0.25) is 0 Å². The van der Waals surface area contributed by atoms with Crippen molar-refractivity contribution in [3.8, 4) is 11.4 Å². The highest BCUT2D eigenvalue weighted by molar-refractivity contribution is 7.18. The zero-order chi connectivity index (χ0) is 18.3. The number of thiazole rings is 1. The standard InChI is InChI=1S/C17H14ClN5OS2/c1-9-15(23-12(18)4-3-5-13(23)20-9)10-8-25-17(21-10)22-14-7-6-11(26-14)16(24)19-2/h3-8H,1-2H3,(H,19,24)(H,21,22). The van der Waals surface area contributed by atoms with E-state index in [1.54, 1.807) is 13.1 Å². The van der Waals surface area contributed by atoms with Gasteiger partial charge in [-0.15, -0.1) is 22.7 Å². The smallest absolute Gasteiger partial charge is 0.261 e. The third kappa shape index (κ3) is 2.96. The van der Waals surface area contributed by atoms with Crippen LogP contribution < -0.4 is 10.6 Å². The fraction of sp³-hybridized carbons (Fsp3) is 0.118. The van der Waals surface area contributed by atoms with E-state index in [0.29, 0.717) is 10.0 Å². The Kier molecular flexibility index (Phi) is 4.39. The summed E-state index contributed by atoms with van der Waals surface area (Å²) in [6.07, 6.45) is 0. The van der Waals surface area contributed by atoms with E-state index in [2.05, 4.69) is 20.6 Å². The second-order valence-electron chi connectivity index (χ2n) is 5.49. The quantitative estimate of drug-likeness (QED) is 0.489. The normalized spacial score (nSPS) is 11.0. The molecule has 4 aromatic heterocycles. The summed E-state index contributed by atoms with van der Waals surface area (Å²) in [5.74, 6) is -0.0983. The summed E-state index contributed by atoms with van der Waals surface area (Å²) >= 11 is 9.22. The molecule has 4 aromatic rings. The molecule has 4 rings (SSSR count). The molecule has 0 radical (unpaired) electrons. The van der Waals surface area contributed by atoms with Gasteiger partial charge in [0.15, 0.2) is 5.13 Å². The molecule has 0 atom stereocenters. The molecule has 0 bridgehead atoms. The number of imidazole rings is 1. The fourth-order valence-corrected chi connectivity index (χ4v) is 4.53. The van der Waals surface area contributed by atoms with Crippen LogP contribution in [0, 0.1) is 6.92 Å². The van der Waals surface area contributed by atoms with Crippen LogP contribution in [-0.4, -0.2) is 27.3 Å². The molecule has 0 aliphatic heterocycles. The van der Waals surface area contributed by atoms with Crippen LogP contribution in [0.2, 0.25) is 5.15 Å². The first-order valence-electron chi connectivity index (χ1n) is 7.75. The Hall–Kier alpha value is -2.42. The van der Waals surface area contributed by atoms with Gasteiger partial charge >= 0.3 is 0 Å². The topological polar surface area (TPSA) is 71.3 Å². The molecule has 1 amide bonds. The Morgan fingerprint density at radius 3 is 2.88 bits per heavy atom. The maximum atomic E-state index is 11.7. The number of carbonyl (C=O) groups excluding carboxylic acids is 1. The zero-order valence-electron chi connectivity index (χ0n) is 13.9. The highest BCUT2D eigenvalue weighted by atomic mass is 35.5. The molecule has 6 nitrogen and oxygen atoms in total. The van der Waals surface area contributed by atoms with Crippen LogP contribution in [0.3, 0.4) is 0 Å². The number of fused-ring (bicyclic) bond motifs is 1. The average molecular weight is 404 g/mol. The van der Waals surface area contributed by atoms with Crippen LogP contribution in [0.5, 0.6) is 0 Å². The second kappa shape index (κ2) is 6.71. The zero-order valence-corrected chi connectivity index (χ0v) is 16.3. The number of aryl methyl sites for hydroxylation is 1. The molecule has 0 aliphatic rings. The van der Waals surface area contributed by atoms with Gasteiger partial charge in [-0.05, 0) is 31.2 Å². The van der Waals surface area contributed by atoms with Gasteiger partial charge in [0.25, 0.3) is 5.91 Å². The van der Waals surface area contributed by atoms with Gasteiger partial charge in [-0.3, -0.25) is 9.20 Å².